The molecule has 0 aliphatic heterocycles. The minimum Gasteiger partial charge on any atom is -0.343 e. The largest absolute Gasteiger partial charge is 0.343 e. The monoisotopic (exact) mass is 234 g/mol. The average molecular weight is 234 g/mol. The number of anilines is 2. The fourth-order valence-corrected chi connectivity index (χ4v) is 1.56. The summed E-state index contributed by atoms with van der Waals surface area (Å²) in [6.45, 7) is 0. The summed E-state index contributed by atoms with van der Waals surface area (Å²) in [6.07, 6.45) is 1.65. The first-order chi connectivity index (χ1) is 8.74. The van der Waals surface area contributed by atoms with Gasteiger partial charge in [0.2, 0.25) is 0 Å². The van der Waals surface area contributed by atoms with Crippen LogP contribution in [0.5, 0.6) is 0 Å². The lowest BCUT2D eigenvalue weighted by molar-refractivity contribution is 1.16. The van der Waals surface area contributed by atoms with E-state index in [2.05, 4.69) is 11.1 Å². The lowest BCUT2D eigenvalue weighted by atomic mass is 10.2. The van der Waals surface area contributed by atoms with E-state index in [9.17, 15) is 0 Å². The SMILES string of the molecule is CN(c1ccc(C#N)cc1)c1ccc(C#N)nc1. The van der Waals surface area contributed by atoms with Gasteiger partial charge in [0.15, 0.2) is 0 Å². The second kappa shape index (κ2) is 4.99. The Morgan fingerprint density at radius 1 is 0.944 bits per heavy atom. The zero-order valence-electron chi connectivity index (χ0n) is 9.83. The molecule has 1 aromatic carbocycles. The Hall–Kier alpha value is -2.85. The summed E-state index contributed by atoms with van der Waals surface area (Å²) in [5.74, 6) is 0. The van der Waals surface area contributed by atoms with Crippen LogP contribution in [0.4, 0.5) is 11.4 Å². The molecule has 0 amide bonds. The van der Waals surface area contributed by atoms with Gasteiger partial charge in [0.05, 0.1) is 23.5 Å². The summed E-state index contributed by atoms with van der Waals surface area (Å²) >= 11 is 0. The molecule has 0 spiro atoms. The molecule has 0 atom stereocenters. The first kappa shape index (κ1) is 11.6. The molecule has 0 saturated carbocycles. The Morgan fingerprint density at radius 2 is 1.61 bits per heavy atom. The third kappa shape index (κ3) is 2.28. The predicted molar refractivity (Wildman–Crippen MR) is 68.2 cm³/mol. The maximum absolute atomic E-state index is 8.74. The number of pyridine rings is 1. The van der Waals surface area contributed by atoms with Crippen LogP contribution in [-0.2, 0) is 0 Å². The van der Waals surface area contributed by atoms with E-state index in [1.807, 2.05) is 36.2 Å². The summed E-state index contributed by atoms with van der Waals surface area (Å²) in [7, 11) is 1.91. The Bertz CT molecular complexity index is 557. The molecule has 1 aromatic heterocycles. The molecule has 0 aliphatic carbocycles. The van der Waals surface area contributed by atoms with E-state index >= 15 is 0 Å². The molecule has 4 nitrogen and oxygen atoms in total. The van der Waals surface area contributed by atoms with Gasteiger partial charge in [-0.2, -0.15) is 10.5 Å². The van der Waals surface area contributed by atoms with Crippen molar-refractivity contribution in [3.05, 3.63) is 53.9 Å². The van der Waals surface area contributed by atoms with Crippen molar-refractivity contribution in [2.75, 3.05) is 11.9 Å². The van der Waals surface area contributed by atoms with Gasteiger partial charge in [-0.05, 0) is 36.4 Å². The number of nitrogens with zero attached hydrogens (tertiary/aromatic N) is 4. The molecule has 0 aliphatic rings. The summed E-state index contributed by atoms with van der Waals surface area (Å²) in [5.41, 5.74) is 2.87. The summed E-state index contributed by atoms with van der Waals surface area (Å²) in [5, 5.41) is 17.4. The molecule has 1 heterocycles. The van der Waals surface area contributed by atoms with E-state index in [0.717, 1.165) is 11.4 Å². The molecule has 0 fully saturated rings. The normalized spacial score (nSPS) is 9.28. The van der Waals surface area contributed by atoms with Crippen molar-refractivity contribution in [1.82, 2.24) is 4.98 Å². The van der Waals surface area contributed by atoms with Crippen LogP contribution in [0.15, 0.2) is 42.6 Å². The van der Waals surface area contributed by atoms with Crippen LogP contribution < -0.4 is 4.90 Å². The Morgan fingerprint density at radius 3 is 2.11 bits per heavy atom. The predicted octanol–water partition coefficient (Wildman–Crippen LogP) is 2.59. The van der Waals surface area contributed by atoms with Crippen LogP contribution in [-0.4, -0.2) is 12.0 Å². The lowest BCUT2D eigenvalue weighted by Crippen LogP contribution is -2.09. The van der Waals surface area contributed by atoms with Gasteiger partial charge in [-0.25, -0.2) is 4.98 Å². The van der Waals surface area contributed by atoms with Gasteiger partial charge >= 0.3 is 0 Å². The highest BCUT2D eigenvalue weighted by Gasteiger charge is 2.04. The number of hydrogen-bond donors (Lipinski definition) is 0. The minimum atomic E-state index is 0.395. The third-order valence-electron chi connectivity index (χ3n) is 2.63. The first-order valence-corrected chi connectivity index (χ1v) is 5.34. The summed E-state index contributed by atoms with van der Waals surface area (Å²) in [4.78, 5) is 5.96. The van der Waals surface area contributed by atoms with Gasteiger partial charge in [-0.15, -0.1) is 0 Å². The van der Waals surface area contributed by atoms with Crippen LogP contribution in [0.1, 0.15) is 11.3 Å². The van der Waals surface area contributed by atoms with Gasteiger partial charge in [-0.1, -0.05) is 0 Å². The highest BCUT2D eigenvalue weighted by molar-refractivity contribution is 5.62. The third-order valence-corrected chi connectivity index (χ3v) is 2.63. The van der Waals surface area contributed by atoms with Gasteiger partial charge in [0.25, 0.3) is 0 Å². The van der Waals surface area contributed by atoms with Gasteiger partial charge in [0, 0.05) is 12.7 Å². The Kier molecular flexibility index (Phi) is 3.22. The molecule has 0 N–H and O–H groups in total. The quantitative estimate of drug-likeness (QED) is 0.801. The topological polar surface area (TPSA) is 63.7 Å². The van der Waals surface area contributed by atoms with Crippen molar-refractivity contribution in [1.29, 1.82) is 10.5 Å². The number of hydrogen-bond acceptors (Lipinski definition) is 4. The van der Waals surface area contributed by atoms with E-state index in [-0.39, 0.29) is 0 Å². The molecule has 0 unspecified atom stereocenters. The molecule has 0 bridgehead atoms. The van der Waals surface area contributed by atoms with E-state index in [4.69, 9.17) is 10.5 Å². The molecular weight excluding hydrogens is 224 g/mol. The van der Waals surface area contributed by atoms with E-state index in [0.29, 0.717) is 11.3 Å². The molecule has 2 aromatic rings. The summed E-state index contributed by atoms with van der Waals surface area (Å²) < 4.78 is 0. The number of aromatic nitrogens is 1. The molecule has 18 heavy (non-hydrogen) atoms. The molecule has 86 valence electrons. The van der Waals surface area contributed by atoms with Crippen molar-refractivity contribution in [2.24, 2.45) is 0 Å². The Labute approximate surface area is 105 Å². The fourth-order valence-electron chi connectivity index (χ4n) is 1.56. The van der Waals surface area contributed by atoms with E-state index < -0.39 is 0 Å². The highest BCUT2D eigenvalue weighted by Crippen LogP contribution is 2.22. The minimum absolute atomic E-state index is 0.395. The second-order valence-corrected chi connectivity index (χ2v) is 3.73. The number of benzene rings is 1. The van der Waals surface area contributed by atoms with Crippen LogP contribution in [0.2, 0.25) is 0 Å². The molecule has 4 heteroatoms. The lowest BCUT2D eigenvalue weighted by Gasteiger charge is -2.18. The van der Waals surface area contributed by atoms with E-state index in [1.165, 1.54) is 0 Å². The van der Waals surface area contributed by atoms with Crippen molar-refractivity contribution < 1.29 is 0 Å². The van der Waals surface area contributed by atoms with Crippen molar-refractivity contribution >= 4 is 11.4 Å². The van der Waals surface area contributed by atoms with Crippen molar-refractivity contribution in [3.8, 4) is 12.1 Å². The zero-order valence-corrected chi connectivity index (χ0v) is 9.83. The van der Waals surface area contributed by atoms with Gasteiger partial charge in [0.1, 0.15) is 11.8 Å². The smallest absolute Gasteiger partial charge is 0.140 e. The Balaban J connectivity index is 2.27. The van der Waals surface area contributed by atoms with Crippen LogP contribution in [0.3, 0.4) is 0 Å². The van der Waals surface area contributed by atoms with Crippen LogP contribution >= 0.6 is 0 Å². The highest BCUT2D eigenvalue weighted by atomic mass is 15.1. The second-order valence-electron chi connectivity index (χ2n) is 3.73. The maximum atomic E-state index is 8.74. The molecule has 2 rings (SSSR count). The molecule has 0 radical (unpaired) electrons. The fraction of sp³-hybridized carbons (Fsp3) is 0.0714. The van der Waals surface area contributed by atoms with Gasteiger partial charge in [-0.3, -0.25) is 0 Å². The van der Waals surface area contributed by atoms with Crippen molar-refractivity contribution in [3.63, 3.8) is 0 Å². The molecular formula is C14H10N4. The van der Waals surface area contributed by atoms with Crippen molar-refractivity contribution in [2.45, 2.75) is 0 Å². The van der Waals surface area contributed by atoms with E-state index in [1.54, 1.807) is 24.4 Å². The number of nitriles is 2. The molecule has 0 saturated heterocycles. The van der Waals surface area contributed by atoms with Gasteiger partial charge < -0.3 is 4.90 Å². The average Bonchev–Trinajstić information content (AvgIpc) is 2.47. The zero-order chi connectivity index (χ0) is 13.0. The summed E-state index contributed by atoms with van der Waals surface area (Å²) in [6, 6.07) is 14.9. The van der Waals surface area contributed by atoms with Crippen LogP contribution in [0.25, 0.3) is 0 Å². The van der Waals surface area contributed by atoms with Crippen LogP contribution in [0, 0.1) is 22.7 Å². The maximum Gasteiger partial charge on any atom is 0.140 e. The first-order valence-electron chi connectivity index (χ1n) is 5.34. The standard InChI is InChI=1S/C14H10N4/c1-18(13-5-2-11(8-15)3-6-13)14-7-4-12(9-16)17-10-14/h2-7,10H,1H3. The number of rotatable bonds is 2.